The van der Waals surface area contributed by atoms with E-state index in [4.69, 9.17) is 9.26 Å². The van der Waals surface area contributed by atoms with Gasteiger partial charge in [0, 0.05) is 11.9 Å². The fourth-order valence-corrected chi connectivity index (χ4v) is 1.81. The predicted octanol–water partition coefficient (Wildman–Crippen LogP) is 1.60. The summed E-state index contributed by atoms with van der Waals surface area (Å²) in [4.78, 5) is 23.4. The second-order valence-corrected chi connectivity index (χ2v) is 4.47. The van der Waals surface area contributed by atoms with Gasteiger partial charge in [-0.15, -0.1) is 6.58 Å². The van der Waals surface area contributed by atoms with E-state index in [1.807, 2.05) is 18.2 Å². The quantitative estimate of drug-likeness (QED) is 0.645. The molecule has 0 spiro atoms. The highest BCUT2D eigenvalue weighted by molar-refractivity contribution is 5.86. The third kappa shape index (κ3) is 3.68. The fraction of sp³-hybridized carbons (Fsp3) is 0.267. The molecular weight excluding hydrogens is 272 g/mol. The van der Waals surface area contributed by atoms with Gasteiger partial charge in [0.05, 0.1) is 6.42 Å². The zero-order valence-electron chi connectivity index (χ0n) is 11.7. The lowest BCUT2D eigenvalue weighted by atomic mass is 10.2. The molecule has 0 aliphatic rings. The first-order valence-corrected chi connectivity index (χ1v) is 6.53. The minimum Gasteiger partial charge on any atom is -0.452 e. The summed E-state index contributed by atoms with van der Waals surface area (Å²) >= 11 is 0. The molecule has 0 aliphatic carbocycles. The van der Waals surface area contributed by atoms with Crippen molar-refractivity contribution in [2.24, 2.45) is 0 Å². The highest BCUT2D eigenvalue weighted by Gasteiger charge is 2.19. The molecule has 0 saturated heterocycles. The summed E-state index contributed by atoms with van der Waals surface area (Å²) in [5.74, 6) is -0.899. The molecule has 0 radical (unpaired) electrons. The summed E-state index contributed by atoms with van der Waals surface area (Å²) in [6, 6.07) is 7.23. The molecule has 1 N–H and O–H groups in total. The van der Waals surface area contributed by atoms with Gasteiger partial charge in [-0.05, 0) is 19.1 Å². The molecule has 0 aliphatic heterocycles. The summed E-state index contributed by atoms with van der Waals surface area (Å²) < 4.78 is 10.2. The van der Waals surface area contributed by atoms with Crippen LogP contribution in [0, 0.1) is 0 Å². The van der Waals surface area contributed by atoms with Crippen molar-refractivity contribution >= 4 is 22.8 Å². The smallest absolute Gasteiger partial charge is 0.312 e. The van der Waals surface area contributed by atoms with Crippen molar-refractivity contribution in [2.75, 3.05) is 6.54 Å². The van der Waals surface area contributed by atoms with Crippen molar-refractivity contribution < 1.29 is 18.8 Å². The minimum absolute atomic E-state index is 0.0455. The summed E-state index contributed by atoms with van der Waals surface area (Å²) in [7, 11) is 0. The fourth-order valence-electron chi connectivity index (χ4n) is 1.81. The lowest BCUT2D eigenvalue weighted by molar-refractivity contribution is -0.154. The number of aromatic nitrogens is 1. The van der Waals surface area contributed by atoms with E-state index < -0.39 is 12.1 Å². The maximum atomic E-state index is 11.8. The zero-order valence-corrected chi connectivity index (χ0v) is 11.7. The van der Waals surface area contributed by atoms with Gasteiger partial charge >= 0.3 is 5.97 Å². The van der Waals surface area contributed by atoms with Crippen LogP contribution >= 0.6 is 0 Å². The molecule has 1 amide bonds. The minimum atomic E-state index is -0.865. The highest BCUT2D eigenvalue weighted by atomic mass is 16.5. The Kier molecular flexibility index (Phi) is 4.71. The van der Waals surface area contributed by atoms with E-state index >= 15 is 0 Å². The number of nitrogens with zero attached hydrogens (tertiary/aromatic N) is 1. The molecule has 1 atom stereocenters. The molecule has 0 fully saturated rings. The number of ether oxygens (including phenoxy) is 1. The van der Waals surface area contributed by atoms with Gasteiger partial charge in [0.15, 0.2) is 11.7 Å². The summed E-state index contributed by atoms with van der Waals surface area (Å²) in [5.41, 5.74) is 1.10. The van der Waals surface area contributed by atoms with Crippen LogP contribution in [0.4, 0.5) is 0 Å². The van der Waals surface area contributed by atoms with Gasteiger partial charge in [0.25, 0.3) is 5.91 Å². The van der Waals surface area contributed by atoms with Crippen molar-refractivity contribution in [1.82, 2.24) is 10.5 Å². The number of fused-ring (bicyclic) bond motifs is 1. The second kappa shape index (κ2) is 6.69. The third-order valence-electron chi connectivity index (χ3n) is 2.86. The van der Waals surface area contributed by atoms with E-state index in [0.717, 1.165) is 5.39 Å². The van der Waals surface area contributed by atoms with Crippen LogP contribution in [0.5, 0.6) is 0 Å². The molecule has 6 nitrogen and oxygen atoms in total. The lowest BCUT2D eigenvalue weighted by Gasteiger charge is -2.12. The molecule has 110 valence electrons. The number of nitrogens with one attached hydrogen (secondary N) is 1. The van der Waals surface area contributed by atoms with Crippen molar-refractivity contribution in [3.8, 4) is 0 Å². The van der Waals surface area contributed by atoms with Crippen LogP contribution in [0.15, 0.2) is 41.4 Å². The van der Waals surface area contributed by atoms with Gasteiger partial charge in [0.1, 0.15) is 5.69 Å². The molecule has 1 unspecified atom stereocenters. The average Bonchev–Trinajstić information content (AvgIpc) is 2.88. The molecule has 0 saturated carbocycles. The number of hydrogen-bond acceptors (Lipinski definition) is 5. The van der Waals surface area contributed by atoms with Crippen LogP contribution in [0.3, 0.4) is 0 Å². The van der Waals surface area contributed by atoms with E-state index in [0.29, 0.717) is 17.8 Å². The van der Waals surface area contributed by atoms with Gasteiger partial charge in [-0.2, -0.15) is 0 Å². The molecule has 2 aromatic rings. The Labute approximate surface area is 121 Å². The molecule has 1 aromatic carbocycles. The first kappa shape index (κ1) is 14.8. The van der Waals surface area contributed by atoms with Gasteiger partial charge in [-0.3, -0.25) is 9.59 Å². The highest BCUT2D eigenvalue weighted by Crippen LogP contribution is 2.18. The molecule has 1 heterocycles. The molecule has 21 heavy (non-hydrogen) atoms. The second-order valence-electron chi connectivity index (χ2n) is 4.47. The summed E-state index contributed by atoms with van der Waals surface area (Å²) in [6.07, 6.45) is 0.639. The Morgan fingerprint density at radius 3 is 3.00 bits per heavy atom. The number of carbonyl (C=O) groups is 2. The first-order valence-electron chi connectivity index (χ1n) is 6.53. The van der Waals surface area contributed by atoms with Crippen molar-refractivity contribution in [3.05, 3.63) is 42.6 Å². The van der Waals surface area contributed by atoms with E-state index in [-0.39, 0.29) is 12.3 Å². The van der Waals surface area contributed by atoms with E-state index in [2.05, 4.69) is 17.1 Å². The van der Waals surface area contributed by atoms with Crippen LogP contribution in [0.1, 0.15) is 12.6 Å². The van der Waals surface area contributed by atoms with E-state index in [9.17, 15) is 9.59 Å². The van der Waals surface area contributed by atoms with Crippen molar-refractivity contribution in [2.45, 2.75) is 19.4 Å². The van der Waals surface area contributed by atoms with Crippen LogP contribution in [-0.2, 0) is 20.7 Å². The topological polar surface area (TPSA) is 81.4 Å². The number of hydrogen-bond donors (Lipinski definition) is 1. The number of carbonyl (C=O) groups excluding carboxylic acids is 2. The van der Waals surface area contributed by atoms with Gasteiger partial charge in [0.2, 0.25) is 0 Å². The largest absolute Gasteiger partial charge is 0.452 e. The molecule has 0 bridgehead atoms. The van der Waals surface area contributed by atoms with Gasteiger partial charge < -0.3 is 14.6 Å². The number of benzene rings is 1. The first-order chi connectivity index (χ1) is 10.1. The van der Waals surface area contributed by atoms with E-state index in [1.165, 1.54) is 6.92 Å². The molecule has 6 heteroatoms. The Hall–Kier alpha value is -2.63. The average molecular weight is 288 g/mol. The van der Waals surface area contributed by atoms with Crippen LogP contribution in [-0.4, -0.2) is 29.7 Å². The Bertz CT molecular complexity index is 662. The summed E-state index contributed by atoms with van der Waals surface area (Å²) in [5, 5.41) is 7.17. The SMILES string of the molecule is C=CCNC(=O)C(C)OC(=O)Cc1noc2ccccc12. The Morgan fingerprint density at radius 2 is 2.24 bits per heavy atom. The zero-order chi connectivity index (χ0) is 15.2. The predicted molar refractivity (Wildman–Crippen MR) is 76.5 cm³/mol. The molecular formula is C15H16N2O4. The van der Waals surface area contributed by atoms with Gasteiger partial charge in [-0.25, -0.2) is 0 Å². The molecule has 2 rings (SSSR count). The summed E-state index contributed by atoms with van der Waals surface area (Å²) in [6.45, 7) is 5.33. The number of amides is 1. The normalized spacial score (nSPS) is 11.9. The Balaban J connectivity index is 1.95. The van der Waals surface area contributed by atoms with Crippen LogP contribution in [0.25, 0.3) is 11.0 Å². The molecule has 1 aromatic heterocycles. The standard InChI is InChI=1S/C15H16N2O4/c1-3-8-16-15(19)10(2)20-14(18)9-12-11-6-4-5-7-13(11)21-17-12/h3-7,10H,1,8-9H2,2H3,(H,16,19). The maximum Gasteiger partial charge on any atom is 0.312 e. The number of rotatable bonds is 6. The maximum absolute atomic E-state index is 11.8. The van der Waals surface area contributed by atoms with Crippen LogP contribution < -0.4 is 5.32 Å². The van der Waals surface area contributed by atoms with Crippen molar-refractivity contribution in [1.29, 1.82) is 0 Å². The van der Waals surface area contributed by atoms with Crippen LogP contribution in [0.2, 0.25) is 0 Å². The monoisotopic (exact) mass is 288 g/mol. The number of esters is 1. The Morgan fingerprint density at radius 1 is 1.48 bits per heavy atom. The van der Waals surface area contributed by atoms with Gasteiger partial charge in [-0.1, -0.05) is 23.4 Å². The van der Waals surface area contributed by atoms with E-state index in [1.54, 1.807) is 12.1 Å². The lowest BCUT2D eigenvalue weighted by Crippen LogP contribution is -2.36. The number of para-hydroxylation sites is 1. The third-order valence-corrected chi connectivity index (χ3v) is 2.86. The van der Waals surface area contributed by atoms with Crippen molar-refractivity contribution in [3.63, 3.8) is 0 Å².